The third-order valence-corrected chi connectivity index (χ3v) is 5.38. The molecule has 0 aromatic carbocycles. The zero-order valence-electron chi connectivity index (χ0n) is 18.9. The molecule has 3 nitrogen and oxygen atoms in total. The van der Waals surface area contributed by atoms with Crippen LogP contribution >= 0.6 is 0 Å². The fourth-order valence-corrected chi connectivity index (χ4v) is 3.63. The molecule has 0 bridgehead atoms. The molecule has 0 aliphatic carbocycles. The molecule has 0 aliphatic heterocycles. The average molecular weight is 386 g/mol. The molecule has 0 saturated heterocycles. The summed E-state index contributed by atoms with van der Waals surface area (Å²) in [6, 6.07) is 0. The summed E-state index contributed by atoms with van der Waals surface area (Å²) in [5.74, 6) is 0. The highest BCUT2D eigenvalue weighted by Crippen LogP contribution is 2.14. The maximum absolute atomic E-state index is 8.61. The van der Waals surface area contributed by atoms with Crippen LogP contribution in [0.4, 0.5) is 0 Å². The highest BCUT2D eigenvalue weighted by Gasteiger charge is 1.96. The fraction of sp³-hybridized carbons (Fsp3) is 1.00. The van der Waals surface area contributed by atoms with Gasteiger partial charge in [0.2, 0.25) is 0 Å². The Kier molecular flexibility index (Phi) is 23.8. The summed E-state index contributed by atoms with van der Waals surface area (Å²) < 4.78 is 5.27. The number of unbranched alkanes of at least 4 members (excludes halogenated alkanes) is 17. The molecule has 0 heterocycles. The summed E-state index contributed by atoms with van der Waals surface area (Å²) in [7, 11) is 4.34. The first-order valence-electron chi connectivity index (χ1n) is 12.1. The van der Waals surface area contributed by atoms with Crippen LogP contribution in [-0.2, 0) is 4.74 Å². The Labute approximate surface area is 171 Å². The molecular formula is C24H51NO2. The smallest absolute Gasteiger partial charge is 0.0697 e. The topological polar surface area (TPSA) is 32.7 Å². The van der Waals surface area contributed by atoms with Crippen molar-refractivity contribution in [2.75, 3.05) is 40.5 Å². The summed E-state index contributed by atoms with van der Waals surface area (Å²) in [6.45, 7) is 2.72. The first-order valence-corrected chi connectivity index (χ1v) is 12.1. The summed E-state index contributed by atoms with van der Waals surface area (Å²) in [5.41, 5.74) is 0. The van der Waals surface area contributed by atoms with Gasteiger partial charge in [-0.2, -0.15) is 0 Å². The molecule has 0 unspecified atom stereocenters. The SMILES string of the molecule is CN(C)CCCCCCCCCCCCCCCCCCCCOCCO. The molecule has 0 rings (SSSR count). The zero-order chi connectivity index (χ0) is 19.8. The molecule has 164 valence electrons. The number of nitrogens with zero attached hydrogens (tertiary/aromatic N) is 1. The minimum absolute atomic E-state index is 0.150. The van der Waals surface area contributed by atoms with E-state index in [0.29, 0.717) is 6.61 Å². The van der Waals surface area contributed by atoms with E-state index in [9.17, 15) is 0 Å². The predicted octanol–water partition coefficient (Wildman–Crippen LogP) is 6.58. The first kappa shape index (κ1) is 26.9. The van der Waals surface area contributed by atoms with Crippen LogP contribution < -0.4 is 0 Å². The minimum Gasteiger partial charge on any atom is -0.394 e. The van der Waals surface area contributed by atoms with E-state index in [0.717, 1.165) is 13.0 Å². The van der Waals surface area contributed by atoms with E-state index in [-0.39, 0.29) is 6.61 Å². The van der Waals surface area contributed by atoms with Crippen molar-refractivity contribution in [1.29, 1.82) is 0 Å². The van der Waals surface area contributed by atoms with Gasteiger partial charge in [-0.25, -0.2) is 0 Å². The molecule has 1 N–H and O–H groups in total. The number of aliphatic hydroxyl groups is 1. The maximum Gasteiger partial charge on any atom is 0.0697 e. The molecule has 0 aliphatic rings. The lowest BCUT2D eigenvalue weighted by Gasteiger charge is -2.08. The lowest BCUT2D eigenvalue weighted by Crippen LogP contribution is -2.12. The number of hydrogen-bond acceptors (Lipinski definition) is 3. The Morgan fingerprint density at radius 2 is 0.815 bits per heavy atom. The van der Waals surface area contributed by atoms with Crippen molar-refractivity contribution >= 4 is 0 Å². The van der Waals surface area contributed by atoms with Crippen LogP contribution in [-0.4, -0.2) is 50.5 Å². The quantitative estimate of drug-likeness (QED) is 0.202. The van der Waals surface area contributed by atoms with Gasteiger partial charge in [-0.05, 0) is 33.5 Å². The van der Waals surface area contributed by atoms with E-state index in [2.05, 4.69) is 19.0 Å². The summed E-state index contributed by atoms with van der Waals surface area (Å²) >= 11 is 0. The van der Waals surface area contributed by atoms with Crippen molar-refractivity contribution in [1.82, 2.24) is 4.90 Å². The normalized spacial score (nSPS) is 11.6. The van der Waals surface area contributed by atoms with Crippen molar-refractivity contribution in [3.05, 3.63) is 0 Å². The van der Waals surface area contributed by atoms with Crippen molar-refractivity contribution in [2.45, 2.75) is 116 Å². The third-order valence-electron chi connectivity index (χ3n) is 5.38. The Morgan fingerprint density at radius 3 is 1.15 bits per heavy atom. The molecule has 0 amide bonds. The molecular weight excluding hydrogens is 334 g/mol. The Balaban J connectivity index is 2.97. The molecule has 27 heavy (non-hydrogen) atoms. The molecule has 0 saturated carbocycles. The lowest BCUT2D eigenvalue weighted by molar-refractivity contribution is 0.0895. The number of rotatable bonds is 23. The Bertz CT molecular complexity index is 259. The van der Waals surface area contributed by atoms with Crippen LogP contribution in [0.25, 0.3) is 0 Å². The zero-order valence-corrected chi connectivity index (χ0v) is 18.9. The highest BCUT2D eigenvalue weighted by atomic mass is 16.5. The minimum atomic E-state index is 0.150. The van der Waals surface area contributed by atoms with Gasteiger partial charge in [-0.3, -0.25) is 0 Å². The monoisotopic (exact) mass is 385 g/mol. The summed E-state index contributed by atoms with van der Waals surface area (Å²) in [5, 5.41) is 8.61. The molecule has 0 fully saturated rings. The van der Waals surface area contributed by atoms with E-state index in [1.807, 2.05) is 0 Å². The van der Waals surface area contributed by atoms with Gasteiger partial charge in [-0.1, -0.05) is 103 Å². The van der Waals surface area contributed by atoms with Crippen molar-refractivity contribution in [3.8, 4) is 0 Å². The van der Waals surface area contributed by atoms with E-state index >= 15 is 0 Å². The summed E-state index contributed by atoms with van der Waals surface area (Å²) in [4.78, 5) is 2.29. The molecule has 0 spiro atoms. The number of aliphatic hydroxyl groups excluding tert-OH is 1. The third kappa shape index (κ3) is 25.9. The molecule has 0 aromatic rings. The number of hydrogen-bond donors (Lipinski definition) is 1. The van der Waals surface area contributed by atoms with E-state index < -0.39 is 0 Å². The first-order chi connectivity index (χ1) is 13.3. The van der Waals surface area contributed by atoms with Gasteiger partial charge < -0.3 is 14.7 Å². The van der Waals surface area contributed by atoms with E-state index in [1.54, 1.807) is 0 Å². The standard InChI is InChI=1S/C24H51NO2/c1-25(2)21-19-17-15-13-11-9-7-5-3-4-6-8-10-12-14-16-18-20-23-27-24-22-26/h26H,3-24H2,1-2H3. The molecule has 0 aromatic heterocycles. The predicted molar refractivity (Wildman–Crippen MR) is 120 cm³/mol. The van der Waals surface area contributed by atoms with Crippen LogP contribution in [0.3, 0.4) is 0 Å². The van der Waals surface area contributed by atoms with Gasteiger partial charge in [0.15, 0.2) is 0 Å². The number of ether oxygens (including phenoxy) is 1. The second-order valence-corrected chi connectivity index (χ2v) is 8.50. The second kappa shape index (κ2) is 23.9. The molecule has 3 heteroatoms. The molecule has 0 atom stereocenters. The Hall–Kier alpha value is -0.120. The van der Waals surface area contributed by atoms with Crippen molar-refractivity contribution in [3.63, 3.8) is 0 Å². The Morgan fingerprint density at radius 1 is 0.481 bits per heavy atom. The van der Waals surface area contributed by atoms with Gasteiger partial charge in [0, 0.05) is 6.61 Å². The second-order valence-electron chi connectivity index (χ2n) is 8.50. The van der Waals surface area contributed by atoms with E-state index in [1.165, 1.54) is 116 Å². The maximum atomic E-state index is 8.61. The summed E-state index contributed by atoms with van der Waals surface area (Å²) in [6.07, 6.45) is 25.3. The van der Waals surface area contributed by atoms with Crippen LogP contribution in [0.5, 0.6) is 0 Å². The average Bonchev–Trinajstić information content (AvgIpc) is 2.65. The van der Waals surface area contributed by atoms with Crippen LogP contribution in [0.1, 0.15) is 116 Å². The van der Waals surface area contributed by atoms with Gasteiger partial charge >= 0.3 is 0 Å². The van der Waals surface area contributed by atoms with Crippen molar-refractivity contribution in [2.24, 2.45) is 0 Å². The molecule has 0 radical (unpaired) electrons. The van der Waals surface area contributed by atoms with Crippen LogP contribution in [0.15, 0.2) is 0 Å². The lowest BCUT2D eigenvalue weighted by atomic mass is 10.0. The van der Waals surface area contributed by atoms with Gasteiger partial charge in [0.05, 0.1) is 13.2 Å². The largest absolute Gasteiger partial charge is 0.394 e. The fourth-order valence-electron chi connectivity index (χ4n) is 3.63. The van der Waals surface area contributed by atoms with Gasteiger partial charge in [0.1, 0.15) is 0 Å². The van der Waals surface area contributed by atoms with E-state index in [4.69, 9.17) is 9.84 Å². The van der Waals surface area contributed by atoms with Crippen molar-refractivity contribution < 1.29 is 9.84 Å². The highest BCUT2D eigenvalue weighted by molar-refractivity contribution is 4.51. The van der Waals surface area contributed by atoms with Gasteiger partial charge in [-0.15, -0.1) is 0 Å². The van der Waals surface area contributed by atoms with Gasteiger partial charge in [0.25, 0.3) is 0 Å². The van der Waals surface area contributed by atoms with Crippen LogP contribution in [0.2, 0.25) is 0 Å². The van der Waals surface area contributed by atoms with Crippen LogP contribution in [0, 0.1) is 0 Å².